The van der Waals surface area contributed by atoms with Crippen molar-refractivity contribution in [2.24, 2.45) is 11.7 Å². The normalized spacial score (nSPS) is 15.1. The second-order valence-electron chi connectivity index (χ2n) is 7.56. The Morgan fingerprint density at radius 2 is 1.92 bits per heavy atom. The zero-order valence-electron chi connectivity index (χ0n) is 15.8. The van der Waals surface area contributed by atoms with E-state index in [9.17, 15) is 4.79 Å². The van der Waals surface area contributed by atoms with Gasteiger partial charge >= 0.3 is 0 Å². The Morgan fingerprint density at radius 1 is 1.12 bits per heavy atom. The number of carbonyl (C=O) groups excluding carboxylic acids is 1. The standard InChI is InChI=1S/C23H30N2O/c1-17-14-21(23(24)26)10-11-22(17)20-9-5-8-19(15-20)16-25-13-12-18-6-3-2-4-7-18/h5,8-11,14-15,18,25H,2-4,6-7,12-13,16H2,1H3,(H2,24,26). The first-order chi connectivity index (χ1) is 12.6. The van der Waals surface area contributed by atoms with E-state index < -0.39 is 0 Å². The molecule has 0 saturated heterocycles. The topological polar surface area (TPSA) is 55.1 Å². The second-order valence-corrected chi connectivity index (χ2v) is 7.56. The van der Waals surface area contributed by atoms with E-state index in [1.165, 1.54) is 49.7 Å². The van der Waals surface area contributed by atoms with Crippen LogP contribution in [0.2, 0.25) is 0 Å². The van der Waals surface area contributed by atoms with Crippen molar-refractivity contribution in [2.45, 2.75) is 52.0 Å². The van der Waals surface area contributed by atoms with Gasteiger partial charge in [-0.15, -0.1) is 0 Å². The van der Waals surface area contributed by atoms with Crippen molar-refractivity contribution >= 4 is 5.91 Å². The molecule has 2 aromatic rings. The maximum atomic E-state index is 11.3. The first-order valence-electron chi connectivity index (χ1n) is 9.84. The smallest absolute Gasteiger partial charge is 0.248 e. The fraction of sp³-hybridized carbons (Fsp3) is 0.435. The molecule has 0 spiro atoms. The molecule has 1 saturated carbocycles. The minimum absolute atomic E-state index is 0.379. The molecule has 26 heavy (non-hydrogen) atoms. The lowest BCUT2D eigenvalue weighted by molar-refractivity contribution is 0.1000. The predicted octanol–water partition coefficient (Wildman–Crippen LogP) is 4.82. The van der Waals surface area contributed by atoms with Crippen LogP contribution in [0.5, 0.6) is 0 Å². The summed E-state index contributed by atoms with van der Waals surface area (Å²) in [6.07, 6.45) is 8.39. The number of hydrogen-bond acceptors (Lipinski definition) is 2. The molecule has 1 aliphatic rings. The van der Waals surface area contributed by atoms with Crippen LogP contribution in [-0.4, -0.2) is 12.5 Å². The maximum absolute atomic E-state index is 11.3. The molecular formula is C23H30N2O. The van der Waals surface area contributed by atoms with Gasteiger partial charge in [-0.05, 0) is 66.3 Å². The van der Waals surface area contributed by atoms with E-state index in [4.69, 9.17) is 5.73 Å². The molecule has 0 bridgehead atoms. The van der Waals surface area contributed by atoms with Gasteiger partial charge in [0.15, 0.2) is 0 Å². The second kappa shape index (κ2) is 9.00. The maximum Gasteiger partial charge on any atom is 0.248 e. The number of aryl methyl sites for hydroxylation is 1. The summed E-state index contributed by atoms with van der Waals surface area (Å²) in [5.74, 6) is 0.546. The third-order valence-electron chi connectivity index (χ3n) is 5.53. The van der Waals surface area contributed by atoms with Crippen molar-refractivity contribution in [2.75, 3.05) is 6.54 Å². The molecule has 3 heteroatoms. The Bertz CT molecular complexity index is 748. The lowest BCUT2D eigenvalue weighted by Gasteiger charge is -2.21. The van der Waals surface area contributed by atoms with Crippen LogP contribution in [0.1, 0.15) is 60.0 Å². The summed E-state index contributed by atoms with van der Waals surface area (Å²) < 4.78 is 0. The molecule has 0 heterocycles. The van der Waals surface area contributed by atoms with Gasteiger partial charge in [0.1, 0.15) is 0 Å². The Hall–Kier alpha value is -2.13. The monoisotopic (exact) mass is 350 g/mol. The third-order valence-corrected chi connectivity index (χ3v) is 5.53. The number of rotatable bonds is 7. The molecule has 0 radical (unpaired) electrons. The fourth-order valence-corrected chi connectivity index (χ4v) is 4.00. The molecule has 1 fully saturated rings. The average molecular weight is 351 g/mol. The van der Waals surface area contributed by atoms with Gasteiger partial charge in [0.05, 0.1) is 0 Å². The third kappa shape index (κ3) is 4.95. The van der Waals surface area contributed by atoms with Crippen LogP contribution in [0, 0.1) is 12.8 Å². The molecule has 3 nitrogen and oxygen atoms in total. The van der Waals surface area contributed by atoms with Crippen molar-refractivity contribution in [3.05, 3.63) is 59.2 Å². The van der Waals surface area contributed by atoms with Crippen LogP contribution in [-0.2, 0) is 6.54 Å². The highest BCUT2D eigenvalue weighted by Crippen LogP contribution is 2.26. The molecule has 2 aromatic carbocycles. The number of nitrogens with two attached hydrogens (primary N) is 1. The molecule has 0 aromatic heterocycles. The van der Waals surface area contributed by atoms with Crippen molar-refractivity contribution in [3.63, 3.8) is 0 Å². The molecule has 1 aliphatic carbocycles. The summed E-state index contributed by atoms with van der Waals surface area (Å²) in [6, 6.07) is 14.3. The molecule has 1 amide bonds. The summed E-state index contributed by atoms with van der Waals surface area (Å²) in [6.45, 7) is 4.02. The average Bonchev–Trinajstić information content (AvgIpc) is 2.66. The van der Waals surface area contributed by atoms with Crippen LogP contribution in [0.25, 0.3) is 11.1 Å². The minimum Gasteiger partial charge on any atom is -0.366 e. The van der Waals surface area contributed by atoms with Gasteiger partial charge in [-0.2, -0.15) is 0 Å². The lowest BCUT2D eigenvalue weighted by Crippen LogP contribution is -2.19. The van der Waals surface area contributed by atoms with E-state index in [0.717, 1.165) is 30.1 Å². The number of amides is 1. The van der Waals surface area contributed by atoms with Crippen molar-refractivity contribution < 1.29 is 4.79 Å². The first-order valence-corrected chi connectivity index (χ1v) is 9.84. The largest absolute Gasteiger partial charge is 0.366 e. The van der Waals surface area contributed by atoms with Gasteiger partial charge in [-0.25, -0.2) is 0 Å². The molecule has 138 valence electrons. The summed E-state index contributed by atoms with van der Waals surface area (Å²) in [4.78, 5) is 11.3. The van der Waals surface area contributed by atoms with Crippen molar-refractivity contribution in [1.82, 2.24) is 5.32 Å². The molecule has 0 aliphatic heterocycles. The molecule has 0 atom stereocenters. The van der Waals surface area contributed by atoms with E-state index in [0.29, 0.717) is 5.56 Å². The predicted molar refractivity (Wildman–Crippen MR) is 108 cm³/mol. The van der Waals surface area contributed by atoms with E-state index in [1.54, 1.807) is 6.07 Å². The molecular weight excluding hydrogens is 320 g/mol. The van der Waals surface area contributed by atoms with Crippen LogP contribution in [0.3, 0.4) is 0 Å². The number of nitrogens with one attached hydrogen (secondary N) is 1. The summed E-state index contributed by atoms with van der Waals surface area (Å²) >= 11 is 0. The molecule has 3 rings (SSSR count). The Kier molecular flexibility index (Phi) is 6.45. The summed E-state index contributed by atoms with van der Waals surface area (Å²) in [5.41, 5.74) is 10.6. The van der Waals surface area contributed by atoms with Crippen LogP contribution in [0.15, 0.2) is 42.5 Å². The Labute approximate surface area is 157 Å². The number of carbonyl (C=O) groups is 1. The van der Waals surface area contributed by atoms with Gasteiger partial charge in [-0.1, -0.05) is 56.4 Å². The number of benzene rings is 2. The van der Waals surface area contributed by atoms with Crippen LogP contribution >= 0.6 is 0 Å². The van der Waals surface area contributed by atoms with Gasteiger partial charge in [-0.3, -0.25) is 4.79 Å². The SMILES string of the molecule is Cc1cc(C(N)=O)ccc1-c1cccc(CNCCC2CCCCC2)c1. The van der Waals surface area contributed by atoms with E-state index in [2.05, 4.69) is 29.6 Å². The summed E-state index contributed by atoms with van der Waals surface area (Å²) in [5, 5.41) is 3.61. The first kappa shape index (κ1) is 18.7. The van der Waals surface area contributed by atoms with Crippen molar-refractivity contribution in [3.8, 4) is 11.1 Å². The molecule has 0 unspecified atom stereocenters. The van der Waals surface area contributed by atoms with Gasteiger partial charge < -0.3 is 11.1 Å². The highest BCUT2D eigenvalue weighted by Gasteiger charge is 2.12. The zero-order valence-corrected chi connectivity index (χ0v) is 15.8. The zero-order chi connectivity index (χ0) is 18.4. The van der Waals surface area contributed by atoms with Crippen LogP contribution < -0.4 is 11.1 Å². The fourth-order valence-electron chi connectivity index (χ4n) is 4.00. The highest BCUT2D eigenvalue weighted by molar-refractivity contribution is 5.93. The minimum atomic E-state index is -0.379. The quantitative estimate of drug-likeness (QED) is 0.703. The number of primary amides is 1. The van der Waals surface area contributed by atoms with Gasteiger partial charge in [0, 0.05) is 12.1 Å². The van der Waals surface area contributed by atoms with E-state index in [1.807, 2.05) is 19.1 Å². The van der Waals surface area contributed by atoms with Gasteiger partial charge in [0.25, 0.3) is 0 Å². The van der Waals surface area contributed by atoms with E-state index in [-0.39, 0.29) is 5.91 Å². The lowest BCUT2D eigenvalue weighted by atomic mass is 9.87. The highest BCUT2D eigenvalue weighted by atomic mass is 16.1. The Balaban J connectivity index is 1.58. The number of hydrogen-bond donors (Lipinski definition) is 2. The summed E-state index contributed by atoms with van der Waals surface area (Å²) in [7, 11) is 0. The van der Waals surface area contributed by atoms with Gasteiger partial charge in [0.2, 0.25) is 5.91 Å². The van der Waals surface area contributed by atoms with Crippen molar-refractivity contribution in [1.29, 1.82) is 0 Å². The Morgan fingerprint density at radius 3 is 2.65 bits per heavy atom. The van der Waals surface area contributed by atoms with E-state index >= 15 is 0 Å². The van der Waals surface area contributed by atoms with Crippen LogP contribution in [0.4, 0.5) is 0 Å². The molecule has 3 N–H and O–H groups in total.